The van der Waals surface area contributed by atoms with E-state index in [0.717, 1.165) is 22.6 Å². The van der Waals surface area contributed by atoms with Gasteiger partial charge in [0.15, 0.2) is 11.5 Å². The number of benzene rings is 2. The number of rotatable bonds is 7. The molecule has 0 saturated heterocycles. The standard InChI is InChI=1S/C23H24N2O3S/c1-16(18-9-10-19-20(14-18)28-12-11-27-19)25-22(26)15-24-23(21-8-5-13-29-21)17-6-3-2-4-7-17/h2-10,13-14,16,23-24H,11-12,15H2,1H3,(H,25,26)/t16-,23-/m1/s1. The molecule has 2 heterocycles. The van der Waals surface area contributed by atoms with E-state index in [1.807, 2.05) is 49.4 Å². The second-order valence-electron chi connectivity index (χ2n) is 6.93. The zero-order valence-corrected chi connectivity index (χ0v) is 17.1. The first kappa shape index (κ1) is 19.5. The van der Waals surface area contributed by atoms with Crippen molar-refractivity contribution in [2.24, 2.45) is 0 Å². The lowest BCUT2D eigenvalue weighted by Crippen LogP contribution is -2.37. The maximum Gasteiger partial charge on any atom is 0.234 e. The molecule has 150 valence electrons. The highest BCUT2D eigenvalue weighted by Crippen LogP contribution is 2.32. The zero-order chi connectivity index (χ0) is 20.1. The largest absolute Gasteiger partial charge is 0.486 e. The van der Waals surface area contributed by atoms with Crippen molar-refractivity contribution in [2.45, 2.75) is 19.0 Å². The van der Waals surface area contributed by atoms with E-state index < -0.39 is 0 Å². The zero-order valence-electron chi connectivity index (χ0n) is 16.3. The first-order chi connectivity index (χ1) is 14.2. The summed E-state index contributed by atoms with van der Waals surface area (Å²) in [7, 11) is 0. The summed E-state index contributed by atoms with van der Waals surface area (Å²) in [5, 5.41) is 8.51. The van der Waals surface area contributed by atoms with Gasteiger partial charge in [0.05, 0.1) is 18.6 Å². The molecule has 0 unspecified atom stereocenters. The van der Waals surface area contributed by atoms with Gasteiger partial charge in [-0.3, -0.25) is 10.1 Å². The fraction of sp³-hybridized carbons (Fsp3) is 0.261. The topological polar surface area (TPSA) is 59.6 Å². The Labute approximate surface area is 174 Å². The van der Waals surface area contributed by atoms with Crippen LogP contribution in [0.5, 0.6) is 11.5 Å². The molecule has 1 amide bonds. The highest BCUT2D eigenvalue weighted by Gasteiger charge is 2.18. The number of fused-ring (bicyclic) bond motifs is 1. The van der Waals surface area contributed by atoms with Gasteiger partial charge in [0, 0.05) is 4.88 Å². The monoisotopic (exact) mass is 408 g/mol. The Morgan fingerprint density at radius 1 is 1.00 bits per heavy atom. The van der Waals surface area contributed by atoms with Gasteiger partial charge in [-0.05, 0) is 41.6 Å². The third-order valence-corrected chi connectivity index (χ3v) is 5.81. The molecule has 2 atom stereocenters. The Bertz CT molecular complexity index is 944. The molecule has 2 aromatic carbocycles. The third kappa shape index (κ3) is 4.78. The van der Waals surface area contributed by atoms with Crippen LogP contribution in [0.4, 0.5) is 0 Å². The molecular formula is C23H24N2O3S. The van der Waals surface area contributed by atoms with Gasteiger partial charge in [0.1, 0.15) is 13.2 Å². The van der Waals surface area contributed by atoms with Crippen LogP contribution in [-0.4, -0.2) is 25.7 Å². The predicted octanol–water partition coefficient (Wildman–Crippen LogP) is 4.08. The maximum absolute atomic E-state index is 12.6. The minimum absolute atomic E-state index is 0.00782. The smallest absolute Gasteiger partial charge is 0.234 e. The van der Waals surface area contributed by atoms with E-state index >= 15 is 0 Å². The van der Waals surface area contributed by atoms with Crippen LogP contribution in [0.3, 0.4) is 0 Å². The van der Waals surface area contributed by atoms with Gasteiger partial charge in [-0.15, -0.1) is 11.3 Å². The average Bonchev–Trinajstić information content (AvgIpc) is 3.29. The summed E-state index contributed by atoms with van der Waals surface area (Å²) in [6, 6.07) is 20.0. The molecule has 4 rings (SSSR count). The molecule has 0 spiro atoms. The summed E-state index contributed by atoms with van der Waals surface area (Å²) < 4.78 is 11.2. The number of carbonyl (C=O) groups excluding carboxylic acids is 1. The SMILES string of the molecule is C[C@@H](NC(=O)CN[C@H](c1ccccc1)c1cccs1)c1ccc2c(c1)OCCO2. The fourth-order valence-corrected chi connectivity index (χ4v) is 4.21. The number of carbonyl (C=O) groups is 1. The molecule has 3 aromatic rings. The second-order valence-corrected chi connectivity index (χ2v) is 7.91. The van der Waals surface area contributed by atoms with Crippen molar-refractivity contribution in [1.82, 2.24) is 10.6 Å². The van der Waals surface area contributed by atoms with E-state index in [2.05, 4.69) is 34.2 Å². The normalized spacial score (nSPS) is 14.8. The van der Waals surface area contributed by atoms with E-state index in [1.54, 1.807) is 11.3 Å². The predicted molar refractivity (Wildman–Crippen MR) is 115 cm³/mol. The van der Waals surface area contributed by atoms with Crippen molar-refractivity contribution < 1.29 is 14.3 Å². The maximum atomic E-state index is 12.6. The third-order valence-electron chi connectivity index (χ3n) is 4.87. The summed E-state index contributed by atoms with van der Waals surface area (Å²) in [4.78, 5) is 13.8. The molecule has 1 aliphatic heterocycles. The summed E-state index contributed by atoms with van der Waals surface area (Å²) in [5.41, 5.74) is 2.13. The number of thiophene rings is 1. The number of ether oxygens (including phenoxy) is 2. The lowest BCUT2D eigenvalue weighted by Gasteiger charge is -2.22. The van der Waals surface area contributed by atoms with Gasteiger partial charge >= 0.3 is 0 Å². The van der Waals surface area contributed by atoms with Gasteiger partial charge in [-0.25, -0.2) is 0 Å². The van der Waals surface area contributed by atoms with Crippen LogP contribution < -0.4 is 20.1 Å². The summed E-state index contributed by atoms with van der Waals surface area (Å²) in [5.74, 6) is 1.43. The molecule has 29 heavy (non-hydrogen) atoms. The van der Waals surface area contributed by atoms with Crippen LogP contribution in [0.25, 0.3) is 0 Å². The Morgan fingerprint density at radius 3 is 2.55 bits per heavy atom. The van der Waals surface area contributed by atoms with Crippen molar-refractivity contribution in [3.63, 3.8) is 0 Å². The van der Waals surface area contributed by atoms with Crippen molar-refractivity contribution in [3.05, 3.63) is 82.0 Å². The summed E-state index contributed by atoms with van der Waals surface area (Å²) in [6.45, 7) is 3.31. The van der Waals surface area contributed by atoms with Gasteiger partial charge in [-0.2, -0.15) is 0 Å². The molecule has 1 aromatic heterocycles. The molecule has 0 saturated carbocycles. The Hall–Kier alpha value is -2.83. The van der Waals surface area contributed by atoms with Gasteiger partial charge in [-0.1, -0.05) is 42.5 Å². The molecule has 0 radical (unpaired) electrons. The molecule has 1 aliphatic rings. The highest BCUT2D eigenvalue weighted by atomic mass is 32.1. The first-order valence-electron chi connectivity index (χ1n) is 9.71. The van der Waals surface area contributed by atoms with Crippen molar-refractivity contribution in [1.29, 1.82) is 0 Å². The summed E-state index contributed by atoms with van der Waals surface area (Å²) in [6.07, 6.45) is 0. The van der Waals surface area contributed by atoms with Crippen molar-refractivity contribution in [2.75, 3.05) is 19.8 Å². The Balaban J connectivity index is 1.38. The van der Waals surface area contributed by atoms with Crippen molar-refractivity contribution >= 4 is 17.2 Å². The van der Waals surface area contributed by atoms with Crippen LogP contribution in [0.15, 0.2) is 66.0 Å². The minimum atomic E-state index is -0.128. The lowest BCUT2D eigenvalue weighted by molar-refractivity contribution is -0.121. The first-order valence-corrected chi connectivity index (χ1v) is 10.6. The van der Waals surface area contributed by atoms with Crippen LogP contribution in [0.1, 0.15) is 35.0 Å². The lowest BCUT2D eigenvalue weighted by atomic mass is 10.1. The average molecular weight is 409 g/mol. The van der Waals surface area contributed by atoms with Gasteiger partial charge in [0.25, 0.3) is 0 Å². The van der Waals surface area contributed by atoms with Crippen LogP contribution >= 0.6 is 11.3 Å². The van der Waals surface area contributed by atoms with Crippen LogP contribution in [-0.2, 0) is 4.79 Å². The van der Waals surface area contributed by atoms with E-state index in [9.17, 15) is 4.79 Å². The molecule has 0 aliphatic carbocycles. The number of nitrogens with one attached hydrogen (secondary N) is 2. The Morgan fingerprint density at radius 2 is 1.79 bits per heavy atom. The quantitative estimate of drug-likeness (QED) is 0.619. The van der Waals surface area contributed by atoms with Crippen LogP contribution in [0, 0.1) is 0 Å². The minimum Gasteiger partial charge on any atom is -0.486 e. The van der Waals surface area contributed by atoms with Gasteiger partial charge < -0.3 is 14.8 Å². The molecule has 0 fully saturated rings. The number of amides is 1. The second kappa shape index (κ2) is 9.11. The Kier molecular flexibility index (Phi) is 6.12. The van der Waals surface area contributed by atoms with E-state index in [0.29, 0.717) is 13.2 Å². The molecule has 6 heteroatoms. The fourth-order valence-electron chi connectivity index (χ4n) is 3.38. The molecule has 0 bridgehead atoms. The highest BCUT2D eigenvalue weighted by molar-refractivity contribution is 7.10. The summed E-state index contributed by atoms with van der Waals surface area (Å²) >= 11 is 1.68. The number of hydrogen-bond acceptors (Lipinski definition) is 5. The van der Waals surface area contributed by atoms with E-state index in [4.69, 9.17) is 9.47 Å². The van der Waals surface area contributed by atoms with Crippen molar-refractivity contribution in [3.8, 4) is 11.5 Å². The molecule has 2 N–H and O–H groups in total. The molecule has 5 nitrogen and oxygen atoms in total. The van der Waals surface area contributed by atoms with E-state index in [-0.39, 0.29) is 24.5 Å². The molecular weight excluding hydrogens is 384 g/mol. The van der Waals surface area contributed by atoms with Crippen LogP contribution in [0.2, 0.25) is 0 Å². The number of hydrogen-bond donors (Lipinski definition) is 2. The van der Waals surface area contributed by atoms with E-state index in [1.165, 1.54) is 4.88 Å². The van der Waals surface area contributed by atoms with Gasteiger partial charge in [0.2, 0.25) is 5.91 Å².